The number of fused-ring (bicyclic) bond motifs is 1. The summed E-state index contributed by atoms with van der Waals surface area (Å²) >= 11 is 7.76. The van der Waals surface area contributed by atoms with Gasteiger partial charge in [-0.25, -0.2) is 4.98 Å². The average Bonchev–Trinajstić information content (AvgIpc) is 2.67. The Bertz CT molecular complexity index is 522. The summed E-state index contributed by atoms with van der Waals surface area (Å²) in [6.07, 6.45) is 4.17. The predicted molar refractivity (Wildman–Crippen MR) is 81.9 cm³/mol. The van der Waals surface area contributed by atoms with E-state index in [0.29, 0.717) is 5.88 Å². The molecule has 0 spiro atoms. The summed E-state index contributed by atoms with van der Waals surface area (Å²) in [6, 6.07) is 6.48. The van der Waals surface area contributed by atoms with Gasteiger partial charge in [0.1, 0.15) is 5.82 Å². The van der Waals surface area contributed by atoms with Crippen LogP contribution in [0, 0.1) is 6.92 Å². The van der Waals surface area contributed by atoms with Gasteiger partial charge < -0.3 is 4.57 Å². The molecule has 98 valence electrons. The van der Waals surface area contributed by atoms with Crippen molar-refractivity contribution in [2.45, 2.75) is 26.3 Å². The van der Waals surface area contributed by atoms with Crippen molar-refractivity contribution in [2.24, 2.45) is 0 Å². The van der Waals surface area contributed by atoms with E-state index in [1.165, 1.54) is 23.3 Å². The number of rotatable bonds is 6. The van der Waals surface area contributed by atoms with Gasteiger partial charge in [0.05, 0.1) is 11.0 Å². The highest BCUT2D eigenvalue weighted by molar-refractivity contribution is 7.98. The van der Waals surface area contributed by atoms with E-state index in [1.807, 2.05) is 11.8 Å². The van der Waals surface area contributed by atoms with Gasteiger partial charge in [-0.2, -0.15) is 11.8 Å². The minimum absolute atomic E-state index is 0.630. The third kappa shape index (κ3) is 3.01. The molecule has 0 unspecified atom stereocenters. The second-order valence-corrected chi connectivity index (χ2v) is 5.82. The molecule has 0 atom stereocenters. The Hall–Kier alpha value is -0.670. The van der Waals surface area contributed by atoms with Gasteiger partial charge in [0.25, 0.3) is 0 Å². The topological polar surface area (TPSA) is 17.8 Å². The molecule has 1 heterocycles. The Balaban J connectivity index is 2.35. The third-order valence-electron chi connectivity index (χ3n) is 3.03. The minimum Gasteiger partial charge on any atom is -0.328 e. The van der Waals surface area contributed by atoms with E-state index in [1.54, 1.807) is 0 Å². The van der Waals surface area contributed by atoms with Gasteiger partial charge >= 0.3 is 0 Å². The Morgan fingerprint density at radius 1 is 1.39 bits per heavy atom. The van der Waals surface area contributed by atoms with Gasteiger partial charge in [0.15, 0.2) is 0 Å². The minimum atomic E-state index is 0.630. The van der Waals surface area contributed by atoms with E-state index in [9.17, 15) is 0 Å². The van der Waals surface area contributed by atoms with E-state index in [2.05, 4.69) is 35.9 Å². The number of hydrogen-bond acceptors (Lipinski definition) is 2. The highest BCUT2D eigenvalue weighted by Gasteiger charge is 2.09. The molecule has 0 aliphatic carbocycles. The lowest BCUT2D eigenvalue weighted by molar-refractivity contribution is 0.665. The Morgan fingerprint density at radius 3 is 2.94 bits per heavy atom. The van der Waals surface area contributed by atoms with Crippen LogP contribution in [-0.2, 0) is 13.0 Å². The fourth-order valence-electron chi connectivity index (χ4n) is 2.18. The molecule has 4 heteroatoms. The summed E-state index contributed by atoms with van der Waals surface area (Å²) in [4.78, 5) is 4.71. The van der Waals surface area contributed by atoms with Crippen LogP contribution in [0.5, 0.6) is 0 Å². The molecule has 0 aliphatic heterocycles. The van der Waals surface area contributed by atoms with Crippen LogP contribution in [0.25, 0.3) is 11.0 Å². The van der Waals surface area contributed by atoms with Gasteiger partial charge in [-0.05, 0) is 43.0 Å². The quantitative estimate of drug-likeness (QED) is 0.591. The lowest BCUT2D eigenvalue weighted by Gasteiger charge is -2.07. The molecule has 2 nitrogen and oxygen atoms in total. The van der Waals surface area contributed by atoms with Gasteiger partial charge in [0.2, 0.25) is 0 Å². The molecule has 18 heavy (non-hydrogen) atoms. The first-order valence-corrected chi connectivity index (χ1v) is 8.19. The number of aryl methyl sites for hydroxylation is 3. The van der Waals surface area contributed by atoms with Crippen molar-refractivity contribution in [3.63, 3.8) is 0 Å². The molecule has 1 aromatic heterocycles. The maximum Gasteiger partial charge on any atom is 0.111 e. The lowest BCUT2D eigenvalue weighted by Crippen LogP contribution is -2.05. The molecule has 0 amide bonds. The maximum atomic E-state index is 5.87. The van der Waals surface area contributed by atoms with Crippen LogP contribution in [0.3, 0.4) is 0 Å². The van der Waals surface area contributed by atoms with Crippen molar-refractivity contribution >= 4 is 34.4 Å². The molecule has 2 rings (SSSR count). The first-order chi connectivity index (χ1) is 8.76. The van der Waals surface area contributed by atoms with Gasteiger partial charge in [0, 0.05) is 18.8 Å². The summed E-state index contributed by atoms with van der Waals surface area (Å²) in [6.45, 7) is 3.14. The zero-order valence-electron chi connectivity index (χ0n) is 10.9. The van der Waals surface area contributed by atoms with Crippen molar-refractivity contribution in [3.05, 3.63) is 29.6 Å². The van der Waals surface area contributed by atoms with Crippen LogP contribution in [-0.4, -0.2) is 27.4 Å². The maximum absolute atomic E-state index is 5.87. The number of thioether (sulfide) groups is 1. The first-order valence-electron chi connectivity index (χ1n) is 6.27. The average molecular weight is 283 g/mol. The van der Waals surface area contributed by atoms with E-state index in [0.717, 1.165) is 24.3 Å². The molecule has 0 N–H and O–H groups in total. The van der Waals surface area contributed by atoms with Crippen LogP contribution >= 0.6 is 23.4 Å². The van der Waals surface area contributed by atoms with Gasteiger partial charge in [-0.3, -0.25) is 0 Å². The van der Waals surface area contributed by atoms with Crippen LogP contribution < -0.4 is 0 Å². The van der Waals surface area contributed by atoms with E-state index in [4.69, 9.17) is 16.6 Å². The number of aromatic nitrogens is 2. The SMILES string of the molecule is CSCCCn1c(CCCl)nc2cc(C)ccc21. The Labute approximate surface area is 118 Å². The van der Waals surface area contributed by atoms with Crippen molar-refractivity contribution in [1.29, 1.82) is 0 Å². The lowest BCUT2D eigenvalue weighted by atomic mass is 10.2. The van der Waals surface area contributed by atoms with Crippen LogP contribution in [0.4, 0.5) is 0 Å². The Kier molecular flexibility index (Phi) is 4.95. The number of halogens is 1. The summed E-state index contributed by atoms with van der Waals surface area (Å²) < 4.78 is 2.33. The summed E-state index contributed by atoms with van der Waals surface area (Å²) in [5.41, 5.74) is 3.59. The fraction of sp³-hybridized carbons (Fsp3) is 0.500. The summed E-state index contributed by atoms with van der Waals surface area (Å²) in [5.74, 6) is 2.93. The van der Waals surface area contributed by atoms with Crippen LogP contribution in [0.2, 0.25) is 0 Å². The van der Waals surface area contributed by atoms with Crippen LogP contribution in [0.1, 0.15) is 17.8 Å². The normalized spacial score (nSPS) is 11.3. The molecule has 2 aromatic rings. The predicted octanol–water partition coefficient (Wildman–Crippen LogP) is 3.88. The van der Waals surface area contributed by atoms with Crippen molar-refractivity contribution in [2.75, 3.05) is 17.9 Å². The molecule has 0 radical (unpaired) electrons. The first kappa shape index (κ1) is 13.8. The van der Waals surface area contributed by atoms with Crippen molar-refractivity contribution in [1.82, 2.24) is 9.55 Å². The molecule has 0 aliphatic rings. The Morgan fingerprint density at radius 2 is 2.22 bits per heavy atom. The highest BCUT2D eigenvalue weighted by Crippen LogP contribution is 2.19. The summed E-state index contributed by atoms with van der Waals surface area (Å²) in [5, 5.41) is 0. The van der Waals surface area contributed by atoms with Gasteiger partial charge in [-0.15, -0.1) is 11.6 Å². The van der Waals surface area contributed by atoms with E-state index >= 15 is 0 Å². The molecule has 0 bridgehead atoms. The molecule has 0 saturated carbocycles. The molecular weight excluding hydrogens is 264 g/mol. The van der Waals surface area contributed by atoms with Gasteiger partial charge in [-0.1, -0.05) is 6.07 Å². The smallest absolute Gasteiger partial charge is 0.111 e. The number of nitrogens with zero attached hydrogens (tertiary/aromatic N) is 2. The van der Waals surface area contributed by atoms with Crippen molar-refractivity contribution in [3.8, 4) is 0 Å². The monoisotopic (exact) mass is 282 g/mol. The number of alkyl halides is 1. The number of benzene rings is 1. The number of hydrogen-bond donors (Lipinski definition) is 0. The zero-order valence-corrected chi connectivity index (χ0v) is 12.5. The second kappa shape index (κ2) is 6.48. The fourth-order valence-corrected chi connectivity index (χ4v) is 2.77. The standard InChI is InChI=1S/C14H19ClN2S/c1-11-4-5-13-12(10-11)16-14(6-7-15)17(13)8-3-9-18-2/h4-5,10H,3,6-9H2,1-2H3. The van der Waals surface area contributed by atoms with Crippen LogP contribution in [0.15, 0.2) is 18.2 Å². The van der Waals surface area contributed by atoms with E-state index in [-0.39, 0.29) is 0 Å². The number of imidazole rings is 1. The zero-order chi connectivity index (χ0) is 13.0. The molecule has 1 aromatic carbocycles. The largest absolute Gasteiger partial charge is 0.328 e. The molecule has 0 fully saturated rings. The van der Waals surface area contributed by atoms with E-state index < -0.39 is 0 Å². The summed E-state index contributed by atoms with van der Waals surface area (Å²) in [7, 11) is 0. The molecule has 0 saturated heterocycles. The second-order valence-electron chi connectivity index (χ2n) is 4.46. The van der Waals surface area contributed by atoms with Crippen molar-refractivity contribution < 1.29 is 0 Å². The highest BCUT2D eigenvalue weighted by atomic mass is 35.5. The molecular formula is C14H19ClN2S. The third-order valence-corrected chi connectivity index (χ3v) is 3.92.